The van der Waals surface area contributed by atoms with Gasteiger partial charge in [0.1, 0.15) is 22.5 Å². The number of piperidine rings is 1. The highest BCUT2D eigenvalue weighted by molar-refractivity contribution is 5.78. The molecule has 1 fully saturated rings. The van der Waals surface area contributed by atoms with Crippen molar-refractivity contribution < 1.29 is 31.8 Å². The van der Waals surface area contributed by atoms with Crippen molar-refractivity contribution in [3.05, 3.63) is 58.9 Å². The molecular formula is C26H30F4N4O3. The van der Waals surface area contributed by atoms with Crippen LogP contribution >= 0.6 is 0 Å². The third-order valence-corrected chi connectivity index (χ3v) is 6.46. The van der Waals surface area contributed by atoms with Crippen LogP contribution in [0.15, 0.2) is 36.4 Å². The number of benzene rings is 2. The van der Waals surface area contributed by atoms with Crippen molar-refractivity contribution in [3.63, 3.8) is 0 Å². The Kier molecular flexibility index (Phi) is 7.20. The number of hydrogen-bond donors (Lipinski definition) is 0. The number of carbonyl (C=O) groups is 1. The zero-order valence-electron chi connectivity index (χ0n) is 21.2. The van der Waals surface area contributed by atoms with E-state index in [1.807, 2.05) is 0 Å². The zero-order valence-corrected chi connectivity index (χ0v) is 21.2. The molecule has 0 N–H and O–H groups in total. The fourth-order valence-corrected chi connectivity index (χ4v) is 4.59. The lowest BCUT2D eigenvalue weighted by molar-refractivity contribution is -0.137. The number of fused-ring (bicyclic) bond motifs is 1. The first-order valence-electron chi connectivity index (χ1n) is 12.0. The highest BCUT2D eigenvalue weighted by Crippen LogP contribution is 2.37. The van der Waals surface area contributed by atoms with E-state index >= 15 is 0 Å². The number of hydrogen-bond acceptors (Lipinski definition) is 5. The van der Waals surface area contributed by atoms with Gasteiger partial charge in [0.15, 0.2) is 0 Å². The Bertz CT molecular complexity index is 1260. The van der Waals surface area contributed by atoms with Gasteiger partial charge in [-0.05, 0) is 63.4 Å². The Morgan fingerprint density at radius 2 is 1.70 bits per heavy atom. The molecule has 0 saturated carbocycles. The molecule has 1 aliphatic rings. The molecule has 2 aromatic carbocycles. The number of amides is 1. The smallest absolute Gasteiger partial charge is 0.416 e. The lowest BCUT2D eigenvalue weighted by Gasteiger charge is -2.42. The number of nitrogens with zero attached hydrogens (tertiary/aromatic N) is 4. The van der Waals surface area contributed by atoms with Crippen molar-refractivity contribution in [2.75, 3.05) is 19.7 Å². The van der Waals surface area contributed by atoms with Gasteiger partial charge in [-0.15, -0.1) is 0 Å². The van der Waals surface area contributed by atoms with Gasteiger partial charge in [0.2, 0.25) is 0 Å². The van der Waals surface area contributed by atoms with Crippen LogP contribution in [0.5, 0.6) is 0 Å². The fraction of sp³-hybridized carbons (Fsp3) is 0.500. The van der Waals surface area contributed by atoms with Gasteiger partial charge in [0.05, 0.1) is 18.8 Å². The Morgan fingerprint density at radius 1 is 1.05 bits per heavy atom. The molecule has 11 heteroatoms. The molecule has 37 heavy (non-hydrogen) atoms. The minimum Gasteiger partial charge on any atom is -0.444 e. The van der Waals surface area contributed by atoms with Crippen molar-refractivity contribution >= 4 is 17.1 Å². The average molecular weight is 523 g/mol. The van der Waals surface area contributed by atoms with Crippen LogP contribution in [0.2, 0.25) is 0 Å². The number of alkyl halides is 3. The van der Waals surface area contributed by atoms with Crippen LogP contribution in [0.3, 0.4) is 0 Å². The maximum absolute atomic E-state index is 13.7. The molecule has 200 valence electrons. The van der Waals surface area contributed by atoms with E-state index in [2.05, 4.69) is 10.2 Å². The summed E-state index contributed by atoms with van der Waals surface area (Å²) in [6, 6.07) is 8.12. The quantitative estimate of drug-likeness (QED) is 0.408. The Morgan fingerprint density at radius 3 is 2.30 bits per heavy atom. The third-order valence-electron chi connectivity index (χ3n) is 6.46. The predicted octanol–water partition coefficient (Wildman–Crippen LogP) is 5.61. The van der Waals surface area contributed by atoms with E-state index in [-0.39, 0.29) is 30.1 Å². The largest absolute Gasteiger partial charge is 0.444 e. The number of aryl methyl sites for hydroxylation is 1. The molecule has 4 rings (SSSR count). The highest BCUT2D eigenvalue weighted by atomic mass is 19.4. The lowest BCUT2D eigenvalue weighted by Crippen LogP contribution is -2.48. The summed E-state index contributed by atoms with van der Waals surface area (Å²) in [5.41, 5.74) is -0.416. The molecule has 0 unspecified atom stereocenters. The van der Waals surface area contributed by atoms with E-state index in [1.54, 1.807) is 44.9 Å². The molecule has 0 spiro atoms. The summed E-state index contributed by atoms with van der Waals surface area (Å²) in [5.74, 6) is -0.375. The predicted molar refractivity (Wildman–Crippen MR) is 128 cm³/mol. The zero-order chi connectivity index (χ0) is 27.0. The molecule has 0 bridgehead atoms. The second-order valence-corrected chi connectivity index (χ2v) is 10.4. The van der Waals surface area contributed by atoms with Gasteiger partial charge in [-0.3, -0.25) is 0 Å². The summed E-state index contributed by atoms with van der Waals surface area (Å²) in [6.45, 7) is 6.24. The molecule has 7 nitrogen and oxygen atoms in total. The van der Waals surface area contributed by atoms with Crippen LogP contribution in [-0.2, 0) is 34.7 Å². The minimum atomic E-state index is -4.54. The van der Waals surface area contributed by atoms with E-state index in [0.29, 0.717) is 31.4 Å². The molecule has 1 saturated heterocycles. The van der Waals surface area contributed by atoms with Crippen molar-refractivity contribution in [1.29, 1.82) is 0 Å². The van der Waals surface area contributed by atoms with Crippen LogP contribution in [0.4, 0.5) is 22.4 Å². The van der Waals surface area contributed by atoms with Crippen molar-refractivity contribution in [2.45, 2.75) is 57.4 Å². The van der Waals surface area contributed by atoms with Gasteiger partial charge in [-0.25, -0.2) is 9.18 Å². The van der Waals surface area contributed by atoms with E-state index in [1.165, 1.54) is 16.9 Å². The third kappa shape index (κ3) is 6.20. The van der Waals surface area contributed by atoms with Gasteiger partial charge in [-0.1, -0.05) is 12.1 Å². The summed E-state index contributed by atoms with van der Waals surface area (Å²) in [4.78, 5) is 15.4. The van der Waals surface area contributed by atoms with E-state index in [4.69, 9.17) is 9.47 Å². The van der Waals surface area contributed by atoms with Crippen molar-refractivity contribution in [1.82, 2.24) is 19.9 Å². The molecule has 1 amide bonds. The number of likely N-dealkylation sites (tertiary alicyclic amines) is 1. The number of rotatable bonds is 5. The summed E-state index contributed by atoms with van der Waals surface area (Å²) < 4.78 is 65.6. The van der Waals surface area contributed by atoms with Crippen molar-refractivity contribution in [2.24, 2.45) is 7.05 Å². The normalized spacial score (nSPS) is 16.3. The Hall–Kier alpha value is -3.21. The Labute approximate surface area is 212 Å². The maximum atomic E-state index is 13.7. The second-order valence-electron chi connectivity index (χ2n) is 10.4. The van der Waals surface area contributed by atoms with Crippen LogP contribution in [0.25, 0.3) is 11.0 Å². The standard InChI is InChI=1S/C26H30F4N4O3/c1-24(2,3)37-23(35)34-11-9-25(10-12-34,18-5-7-20(27)8-6-18)16-36-15-17-13-19(26(28,29)30)14-21-22(17)32-33(4)31-21/h5-8,13-14H,9-12,15-16H2,1-4H3. The maximum Gasteiger partial charge on any atom is 0.416 e. The number of carbonyl (C=O) groups excluding carboxylic acids is 1. The molecular weight excluding hydrogens is 492 g/mol. The van der Waals surface area contributed by atoms with Crippen LogP contribution in [0, 0.1) is 5.82 Å². The molecule has 1 aliphatic heterocycles. The van der Waals surface area contributed by atoms with Gasteiger partial charge in [0, 0.05) is 31.1 Å². The SMILES string of the molecule is Cn1nc2cc(C(F)(F)F)cc(COCC3(c4ccc(F)cc4)CCN(C(=O)OC(C)(C)C)CC3)c2n1. The van der Waals surface area contributed by atoms with Crippen LogP contribution in [0.1, 0.15) is 50.3 Å². The first-order chi connectivity index (χ1) is 17.3. The summed E-state index contributed by atoms with van der Waals surface area (Å²) in [6.07, 6.45) is -3.91. The number of ether oxygens (including phenoxy) is 2. The van der Waals surface area contributed by atoms with E-state index < -0.39 is 28.8 Å². The first-order valence-corrected chi connectivity index (χ1v) is 12.0. The van der Waals surface area contributed by atoms with Gasteiger partial charge in [-0.2, -0.15) is 28.2 Å². The van der Waals surface area contributed by atoms with Crippen molar-refractivity contribution in [3.8, 4) is 0 Å². The van der Waals surface area contributed by atoms with Gasteiger partial charge in [0.25, 0.3) is 0 Å². The van der Waals surface area contributed by atoms with Crippen LogP contribution < -0.4 is 0 Å². The van der Waals surface area contributed by atoms with E-state index in [9.17, 15) is 22.4 Å². The van der Waals surface area contributed by atoms with E-state index in [0.717, 1.165) is 17.7 Å². The second kappa shape index (κ2) is 9.92. The van der Waals surface area contributed by atoms with Crippen LogP contribution in [-0.4, -0.2) is 51.3 Å². The average Bonchev–Trinajstić information content (AvgIpc) is 3.18. The molecule has 2 heterocycles. The topological polar surface area (TPSA) is 69.5 Å². The molecule has 1 aromatic heterocycles. The Balaban J connectivity index is 1.55. The molecule has 0 atom stereocenters. The summed E-state index contributed by atoms with van der Waals surface area (Å²) in [7, 11) is 1.54. The number of aromatic nitrogens is 3. The fourth-order valence-electron chi connectivity index (χ4n) is 4.59. The molecule has 0 radical (unpaired) electrons. The highest BCUT2D eigenvalue weighted by Gasteiger charge is 2.39. The minimum absolute atomic E-state index is 0.113. The number of halogens is 4. The van der Waals surface area contributed by atoms with Gasteiger partial charge >= 0.3 is 12.3 Å². The van der Waals surface area contributed by atoms with Gasteiger partial charge < -0.3 is 14.4 Å². The molecule has 3 aromatic rings. The monoisotopic (exact) mass is 522 g/mol. The summed E-state index contributed by atoms with van der Waals surface area (Å²) >= 11 is 0. The first kappa shape index (κ1) is 26.8. The summed E-state index contributed by atoms with van der Waals surface area (Å²) in [5, 5.41) is 8.23. The lowest BCUT2D eigenvalue weighted by atomic mass is 9.73. The molecule has 0 aliphatic carbocycles.